The smallest absolute Gasteiger partial charge is 0.128 e. The van der Waals surface area contributed by atoms with Gasteiger partial charge in [-0.05, 0) is 42.8 Å². The third-order valence-corrected chi connectivity index (χ3v) is 6.57. The van der Waals surface area contributed by atoms with Crippen molar-refractivity contribution in [3.8, 4) is 5.75 Å². The molecule has 0 spiro atoms. The summed E-state index contributed by atoms with van der Waals surface area (Å²) in [6.07, 6.45) is 0. The van der Waals surface area contributed by atoms with Crippen LogP contribution in [0.4, 0.5) is 10.1 Å². The molecule has 2 aliphatic heterocycles. The number of thioether (sulfide) groups is 1. The van der Waals surface area contributed by atoms with E-state index in [1.54, 1.807) is 12.1 Å². The summed E-state index contributed by atoms with van der Waals surface area (Å²) in [5.74, 6) is 0.496. The van der Waals surface area contributed by atoms with E-state index in [2.05, 4.69) is 37.3 Å². The van der Waals surface area contributed by atoms with Crippen molar-refractivity contribution >= 4 is 23.2 Å². The SMILES string of the molecule is Cc1ccc([C@@H]2Sc3ccccc3N=C3c4cc(F)ccc4OC[C@@H]32)cc1. The Morgan fingerprint density at radius 1 is 1.04 bits per heavy atom. The van der Waals surface area contributed by atoms with Crippen LogP contribution in [0.25, 0.3) is 0 Å². The molecule has 0 unspecified atom stereocenters. The van der Waals surface area contributed by atoms with Crippen molar-refractivity contribution in [1.29, 1.82) is 0 Å². The molecule has 0 radical (unpaired) electrons. The molecule has 2 nitrogen and oxygen atoms in total. The van der Waals surface area contributed by atoms with E-state index in [1.165, 1.54) is 17.2 Å². The van der Waals surface area contributed by atoms with Crippen molar-refractivity contribution in [1.82, 2.24) is 0 Å². The maximum absolute atomic E-state index is 14.0. The predicted octanol–water partition coefficient (Wildman–Crippen LogP) is 6.11. The lowest BCUT2D eigenvalue weighted by molar-refractivity contribution is 0.271. The fourth-order valence-electron chi connectivity index (χ4n) is 3.71. The number of ether oxygens (including phenoxy) is 1. The highest BCUT2D eigenvalue weighted by Gasteiger charge is 2.37. The lowest BCUT2D eigenvalue weighted by atomic mass is 9.88. The number of benzene rings is 3. The van der Waals surface area contributed by atoms with Gasteiger partial charge in [0.15, 0.2) is 0 Å². The maximum Gasteiger partial charge on any atom is 0.128 e. The standard InChI is InChI=1S/C23H18FNOS/c1-14-6-8-15(9-7-14)23-18-13-26-20-11-10-16(24)12-17(20)22(18)25-19-4-2-3-5-21(19)27-23/h2-12,18,23H,13H2,1H3/t18-,23-/m0/s1. The van der Waals surface area contributed by atoms with E-state index >= 15 is 0 Å². The van der Waals surface area contributed by atoms with Gasteiger partial charge in [0, 0.05) is 15.7 Å². The molecule has 27 heavy (non-hydrogen) atoms. The average molecular weight is 375 g/mol. The highest BCUT2D eigenvalue weighted by atomic mass is 32.2. The largest absolute Gasteiger partial charge is 0.492 e. The Balaban J connectivity index is 1.71. The minimum atomic E-state index is -0.266. The normalized spacial score (nSPS) is 20.4. The molecular formula is C23H18FNOS. The van der Waals surface area contributed by atoms with Crippen LogP contribution >= 0.6 is 11.8 Å². The first-order valence-electron chi connectivity index (χ1n) is 9.02. The Kier molecular flexibility index (Phi) is 4.01. The fourth-order valence-corrected chi connectivity index (χ4v) is 5.04. The molecule has 0 saturated heterocycles. The summed E-state index contributed by atoms with van der Waals surface area (Å²) in [7, 11) is 0. The van der Waals surface area contributed by atoms with Crippen LogP contribution in [0.5, 0.6) is 5.75 Å². The van der Waals surface area contributed by atoms with Gasteiger partial charge in [-0.3, -0.25) is 4.99 Å². The van der Waals surface area contributed by atoms with E-state index in [4.69, 9.17) is 9.73 Å². The molecule has 3 aromatic carbocycles. The molecular weight excluding hydrogens is 357 g/mol. The van der Waals surface area contributed by atoms with Gasteiger partial charge in [0.2, 0.25) is 0 Å². The summed E-state index contributed by atoms with van der Waals surface area (Å²) >= 11 is 1.81. The van der Waals surface area contributed by atoms with Gasteiger partial charge in [-0.15, -0.1) is 11.8 Å². The lowest BCUT2D eigenvalue weighted by Crippen LogP contribution is -2.32. The molecule has 2 heterocycles. The number of aryl methyl sites for hydroxylation is 1. The van der Waals surface area contributed by atoms with Crippen LogP contribution in [-0.2, 0) is 0 Å². The summed E-state index contributed by atoms with van der Waals surface area (Å²) in [5.41, 5.74) is 5.09. The van der Waals surface area contributed by atoms with Crippen LogP contribution in [0.1, 0.15) is 21.9 Å². The van der Waals surface area contributed by atoms with Gasteiger partial charge in [-0.2, -0.15) is 0 Å². The maximum atomic E-state index is 14.0. The predicted molar refractivity (Wildman–Crippen MR) is 108 cm³/mol. The molecule has 0 aliphatic carbocycles. The number of halogens is 1. The van der Waals surface area contributed by atoms with E-state index in [1.807, 2.05) is 30.0 Å². The Bertz CT molecular complexity index is 1040. The molecule has 0 N–H and O–H groups in total. The number of fused-ring (bicyclic) bond motifs is 4. The number of nitrogens with zero attached hydrogens (tertiary/aromatic N) is 1. The van der Waals surface area contributed by atoms with Crippen molar-refractivity contribution in [2.45, 2.75) is 17.1 Å². The Morgan fingerprint density at radius 2 is 1.85 bits per heavy atom. The molecule has 0 aromatic heterocycles. The highest BCUT2D eigenvalue weighted by molar-refractivity contribution is 7.99. The first kappa shape index (κ1) is 16.6. The van der Waals surface area contributed by atoms with Crippen molar-refractivity contribution in [2.75, 3.05) is 6.61 Å². The van der Waals surface area contributed by atoms with Crippen molar-refractivity contribution in [3.63, 3.8) is 0 Å². The first-order chi connectivity index (χ1) is 13.2. The third kappa shape index (κ3) is 2.94. The van der Waals surface area contributed by atoms with Gasteiger partial charge in [0.05, 0.1) is 23.9 Å². The van der Waals surface area contributed by atoms with Gasteiger partial charge in [0.1, 0.15) is 11.6 Å². The Labute approximate surface area is 162 Å². The van der Waals surface area contributed by atoms with E-state index in [-0.39, 0.29) is 17.0 Å². The molecule has 0 bridgehead atoms. The van der Waals surface area contributed by atoms with Crippen LogP contribution in [-0.4, -0.2) is 12.3 Å². The molecule has 3 aromatic rings. The zero-order valence-electron chi connectivity index (χ0n) is 14.9. The fraction of sp³-hybridized carbons (Fsp3) is 0.174. The van der Waals surface area contributed by atoms with Crippen LogP contribution in [0.3, 0.4) is 0 Å². The second-order valence-electron chi connectivity index (χ2n) is 6.97. The van der Waals surface area contributed by atoms with Gasteiger partial charge in [-0.1, -0.05) is 42.0 Å². The van der Waals surface area contributed by atoms with E-state index in [9.17, 15) is 4.39 Å². The summed E-state index contributed by atoms with van der Waals surface area (Å²) in [4.78, 5) is 6.13. The topological polar surface area (TPSA) is 21.6 Å². The Hall–Kier alpha value is -2.59. The zero-order valence-corrected chi connectivity index (χ0v) is 15.7. The summed E-state index contributed by atoms with van der Waals surface area (Å²) in [5, 5.41) is 0.157. The van der Waals surface area contributed by atoms with Crippen molar-refractivity contribution in [2.24, 2.45) is 10.9 Å². The molecule has 0 fully saturated rings. The van der Waals surface area contributed by atoms with E-state index in [0.29, 0.717) is 12.4 Å². The minimum Gasteiger partial charge on any atom is -0.492 e. The second-order valence-corrected chi connectivity index (χ2v) is 8.16. The minimum absolute atomic E-state index is 0.0550. The summed E-state index contributed by atoms with van der Waals surface area (Å²) in [6, 6.07) is 21.5. The number of para-hydroxylation sites is 1. The lowest BCUT2D eigenvalue weighted by Gasteiger charge is -2.31. The molecule has 134 valence electrons. The van der Waals surface area contributed by atoms with Crippen molar-refractivity contribution in [3.05, 3.63) is 89.2 Å². The molecule has 0 saturated carbocycles. The van der Waals surface area contributed by atoms with Crippen LogP contribution < -0.4 is 4.74 Å². The quantitative estimate of drug-likeness (QED) is 0.512. The summed E-state index contributed by atoms with van der Waals surface area (Å²) < 4.78 is 20.0. The molecule has 2 aliphatic rings. The average Bonchev–Trinajstić information content (AvgIpc) is 2.85. The highest BCUT2D eigenvalue weighted by Crippen LogP contribution is 2.50. The third-order valence-electron chi connectivity index (χ3n) is 5.12. The van der Waals surface area contributed by atoms with E-state index < -0.39 is 0 Å². The van der Waals surface area contributed by atoms with Gasteiger partial charge < -0.3 is 4.74 Å². The monoisotopic (exact) mass is 375 g/mol. The van der Waals surface area contributed by atoms with Gasteiger partial charge in [0.25, 0.3) is 0 Å². The van der Waals surface area contributed by atoms with Crippen LogP contribution in [0, 0.1) is 18.7 Å². The number of aliphatic imine (C=N–C) groups is 1. The number of rotatable bonds is 1. The second kappa shape index (κ2) is 6.54. The molecule has 0 amide bonds. The first-order valence-corrected chi connectivity index (χ1v) is 9.90. The Morgan fingerprint density at radius 3 is 2.70 bits per heavy atom. The molecule has 5 rings (SSSR count). The molecule has 4 heteroatoms. The van der Waals surface area contributed by atoms with Gasteiger partial charge >= 0.3 is 0 Å². The van der Waals surface area contributed by atoms with Crippen molar-refractivity contribution < 1.29 is 9.13 Å². The summed E-state index contributed by atoms with van der Waals surface area (Å²) in [6.45, 7) is 2.63. The molecule has 2 atom stereocenters. The zero-order chi connectivity index (χ0) is 18.4. The van der Waals surface area contributed by atoms with E-state index in [0.717, 1.165) is 21.9 Å². The van der Waals surface area contributed by atoms with Crippen LogP contribution in [0.15, 0.2) is 76.6 Å². The van der Waals surface area contributed by atoms with Gasteiger partial charge in [-0.25, -0.2) is 4.39 Å². The number of hydrogen-bond acceptors (Lipinski definition) is 3. The number of hydrogen-bond donors (Lipinski definition) is 0. The van der Waals surface area contributed by atoms with Crippen LogP contribution in [0.2, 0.25) is 0 Å².